The highest BCUT2D eigenvalue weighted by Crippen LogP contribution is 2.29. The van der Waals surface area contributed by atoms with Crippen LogP contribution in [-0.2, 0) is 4.74 Å². The summed E-state index contributed by atoms with van der Waals surface area (Å²) >= 11 is 0. The van der Waals surface area contributed by atoms with Crippen LogP contribution >= 0.6 is 0 Å². The fourth-order valence-electron chi connectivity index (χ4n) is 2.97. The molecule has 0 saturated heterocycles. The Labute approximate surface area is 161 Å². The maximum Gasteiger partial charge on any atom is 0.337 e. The second kappa shape index (κ2) is 7.36. The second-order valence-electron chi connectivity index (χ2n) is 6.13. The van der Waals surface area contributed by atoms with Crippen LogP contribution in [0.1, 0.15) is 20.7 Å². The number of anilines is 1. The maximum atomic E-state index is 12.7. The SMILES string of the molecule is COC(=O)c1ccc(-c2nc3ccccn3c2NC(=O)c2ccccc2)cc1. The predicted molar refractivity (Wildman–Crippen MR) is 106 cm³/mol. The fourth-order valence-corrected chi connectivity index (χ4v) is 2.97. The number of hydrogen-bond donors (Lipinski definition) is 1. The number of fused-ring (bicyclic) bond motifs is 1. The van der Waals surface area contributed by atoms with E-state index in [1.165, 1.54) is 7.11 Å². The molecule has 0 fully saturated rings. The second-order valence-corrected chi connectivity index (χ2v) is 6.13. The van der Waals surface area contributed by atoms with Gasteiger partial charge in [-0.25, -0.2) is 9.78 Å². The lowest BCUT2D eigenvalue weighted by atomic mass is 10.1. The van der Waals surface area contributed by atoms with E-state index in [9.17, 15) is 9.59 Å². The van der Waals surface area contributed by atoms with Crippen LogP contribution in [0.2, 0.25) is 0 Å². The number of carbonyl (C=O) groups excluding carboxylic acids is 2. The minimum absolute atomic E-state index is 0.223. The van der Waals surface area contributed by atoms with E-state index in [1.54, 1.807) is 36.4 Å². The van der Waals surface area contributed by atoms with Gasteiger partial charge in [0, 0.05) is 17.3 Å². The zero-order valence-corrected chi connectivity index (χ0v) is 15.1. The number of benzene rings is 2. The summed E-state index contributed by atoms with van der Waals surface area (Å²) in [5, 5.41) is 2.97. The summed E-state index contributed by atoms with van der Waals surface area (Å²) in [6.07, 6.45) is 1.84. The summed E-state index contributed by atoms with van der Waals surface area (Å²) in [6, 6.07) is 21.5. The summed E-state index contributed by atoms with van der Waals surface area (Å²) in [5.41, 5.74) is 3.11. The highest BCUT2D eigenvalue weighted by atomic mass is 16.5. The van der Waals surface area contributed by atoms with Gasteiger partial charge in [-0.1, -0.05) is 36.4 Å². The van der Waals surface area contributed by atoms with Crippen molar-refractivity contribution in [1.29, 1.82) is 0 Å². The first kappa shape index (κ1) is 17.5. The largest absolute Gasteiger partial charge is 0.465 e. The number of ether oxygens (including phenoxy) is 1. The Hall–Kier alpha value is -3.93. The molecule has 138 valence electrons. The Morgan fingerprint density at radius 1 is 0.893 bits per heavy atom. The zero-order chi connectivity index (χ0) is 19.5. The average molecular weight is 371 g/mol. The van der Waals surface area contributed by atoms with Crippen LogP contribution in [0, 0.1) is 0 Å². The van der Waals surface area contributed by atoms with Gasteiger partial charge in [-0.3, -0.25) is 9.20 Å². The summed E-state index contributed by atoms with van der Waals surface area (Å²) < 4.78 is 6.56. The molecule has 0 saturated carbocycles. The zero-order valence-electron chi connectivity index (χ0n) is 15.1. The van der Waals surface area contributed by atoms with Crippen molar-refractivity contribution in [2.75, 3.05) is 12.4 Å². The van der Waals surface area contributed by atoms with Crippen molar-refractivity contribution in [3.8, 4) is 11.3 Å². The Balaban J connectivity index is 1.77. The Morgan fingerprint density at radius 3 is 2.32 bits per heavy atom. The first-order valence-corrected chi connectivity index (χ1v) is 8.69. The van der Waals surface area contributed by atoms with Crippen LogP contribution in [0.4, 0.5) is 5.82 Å². The number of amides is 1. The molecule has 2 aromatic carbocycles. The van der Waals surface area contributed by atoms with E-state index in [-0.39, 0.29) is 5.91 Å². The Morgan fingerprint density at radius 2 is 1.61 bits per heavy atom. The molecule has 2 heterocycles. The van der Waals surface area contributed by atoms with E-state index in [0.29, 0.717) is 28.3 Å². The number of nitrogens with zero attached hydrogens (tertiary/aromatic N) is 2. The Bertz CT molecular complexity index is 1150. The lowest BCUT2D eigenvalue weighted by Gasteiger charge is -2.08. The molecular formula is C22H17N3O3. The van der Waals surface area contributed by atoms with Crippen LogP contribution in [0.3, 0.4) is 0 Å². The van der Waals surface area contributed by atoms with Crippen LogP contribution in [0.5, 0.6) is 0 Å². The van der Waals surface area contributed by atoms with E-state index < -0.39 is 5.97 Å². The summed E-state index contributed by atoms with van der Waals surface area (Å²) in [5.74, 6) is -0.0619. The van der Waals surface area contributed by atoms with Crippen molar-refractivity contribution in [2.45, 2.75) is 0 Å². The van der Waals surface area contributed by atoms with Gasteiger partial charge in [0.15, 0.2) is 0 Å². The van der Waals surface area contributed by atoms with Crippen molar-refractivity contribution in [1.82, 2.24) is 9.38 Å². The topological polar surface area (TPSA) is 72.7 Å². The number of methoxy groups -OCH3 is 1. The van der Waals surface area contributed by atoms with Crippen molar-refractivity contribution >= 4 is 23.3 Å². The average Bonchev–Trinajstić information content (AvgIpc) is 3.12. The van der Waals surface area contributed by atoms with Gasteiger partial charge >= 0.3 is 5.97 Å². The smallest absolute Gasteiger partial charge is 0.337 e. The van der Waals surface area contributed by atoms with Crippen molar-refractivity contribution in [3.63, 3.8) is 0 Å². The molecule has 4 aromatic rings. The van der Waals surface area contributed by atoms with Gasteiger partial charge in [-0.15, -0.1) is 0 Å². The summed E-state index contributed by atoms with van der Waals surface area (Å²) in [7, 11) is 1.34. The number of pyridine rings is 1. The molecule has 6 heteroatoms. The van der Waals surface area contributed by atoms with Gasteiger partial charge in [-0.05, 0) is 36.4 Å². The van der Waals surface area contributed by atoms with Gasteiger partial charge < -0.3 is 10.1 Å². The molecule has 0 spiro atoms. The lowest BCUT2D eigenvalue weighted by Crippen LogP contribution is -2.13. The molecule has 0 atom stereocenters. The van der Waals surface area contributed by atoms with Crippen molar-refractivity contribution in [3.05, 3.63) is 90.1 Å². The molecule has 1 amide bonds. The first-order chi connectivity index (χ1) is 13.7. The molecule has 28 heavy (non-hydrogen) atoms. The van der Waals surface area contributed by atoms with E-state index in [1.807, 2.05) is 47.0 Å². The predicted octanol–water partition coefficient (Wildman–Crippen LogP) is 4.04. The minimum atomic E-state index is -0.404. The molecule has 0 radical (unpaired) electrons. The summed E-state index contributed by atoms with van der Waals surface area (Å²) in [6.45, 7) is 0. The maximum absolute atomic E-state index is 12.7. The molecule has 0 aliphatic heterocycles. The molecule has 0 aliphatic carbocycles. The van der Waals surface area contributed by atoms with Crippen molar-refractivity contribution in [2.24, 2.45) is 0 Å². The van der Waals surface area contributed by atoms with Crippen LogP contribution in [0.15, 0.2) is 79.0 Å². The van der Waals surface area contributed by atoms with Gasteiger partial charge in [0.1, 0.15) is 17.2 Å². The van der Waals surface area contributed by atoms with Gasteiger partial charge in [-0.2, -0.15) is 0 Å². The number of nitrogens with one attached hydrogen (secondary N) is 1. The number of carbonyl (C=O) groups is 2. The molecule has 0 unspecified atom stereocenters. The van der Waals surface area contributed by atoms with Crippen LogP contribution in [-0.4, -0.2) is 28.4 Å². The van der Waals surface area contributed by atoms with Crippen molar-refractivity contribution < 1.29 is 14.3 Å². The van der Waals surface area contributed by atoms with E-state index in [0.717, 1.165) is 5.56 Å². The first-order valence-electron chi connectivity index (χ1n) is 8.69. The van der Waals surface area contributed by atoms with Gasteiger partial charge in [0.25, 0.3) is 5.91 Å². The number of imidazole rings is 1. The minimum Gasteiger partial charge on any atom is -0.465 e. The fraction of sp³-hybridized carbons (Fsp3) is 0.0455. The normalized spacial score (nSPS) is 10.6. The number of hydrogen-bond acceptors (Lipinski definition) is 4. The lowest BCUT2D eigenvalue weighted by molar-refractivity contribution is 0.0600. The van der Waals surface area contributed by atoms with Crippen LogP contribution in [0.25, 0.3) is 16.9 Å². The van der Waals surface area contributed by atoms with E-state index in [2.05, 4.69) is 10.3 Å². The standard InChI is InChI=1S/C22H17N3O3/c1-28-22(27)17-12-10-15(11-13-17)19-20(25-14-6-5-9-18(25)23-19)24-21(26)16-7-3-2-4-8-16/h2-14H,1H3,(H,24,26). The number of aromatic nitrogens is 2. The van der Waals surface area contributed by atoms with Gasteiger partial charge in [0.05, 0.1) is 12.7 Å². The number of esters is 1. The third kappa shape index (κ3) is 3.23. The third-order valence-electron chi connectivity index (χ3n) is 4.38. The van der Waals surface area contributed by atoms with Gasteiger partial charge in [0.2, 0.25) is 0 Å². The highest BCUT2D eigenvalue weighted by molar-refractivity contribution is 6.05. The molecule has 6 nitrogen and oxygen atoms in total. The number of rotatable bonds is 4. The molecule has 0 bridgehead atoms. The van der Waals surface area contributed by atoms with Crippen LogP contribution < -0.4 is 5.32 Å². The molecule has 1 N–H and O–H groups in total. The highest BCUT2D eigenvalue weighted by Gasteiger charge is 2.17. The molecule has 4 rings (SSSR count). The monoisotopic (exact) mass is 371 g/mol. The molecular weight excluding hydrogens is 354 g/mol. The molecule has 2 aromatic heterocycles. The Kier molecular flexibility index (Phi) is 4.60. The quantitative estimate of drug-likeness (QED) is 0.550. The third-order valence-corrected chi connectivity index (χ3v) is 4.38. The van der Waals surface area contributed by atoms with E-state index >= 15 is 0 Å². The molecule has 0 aliphatic rings. The summed E-state index contributed by atoms with van der Waals surface area (Å²) in [4.78, 5) is 29.0. The van der Waals surface area contributed by atoms with E-state index in [4.69, 9.17) is 4.74 Å².